The van der Waals surface area contributed by atoms with Gasteiger partial charge in [0, 0.05) is 6.54 Å². The van der Waals surface area contributed by atoms with Crippen LogP contribution in [-0.2, 0) is 0 Å². The molecule has 2 N–H and O–H groups in total. The van der Waals surface area contributed by atoms with E-state index in [1.807, 2.05) is 0 Å². The van der Waals surface area contributed by atoms with Crippen LogP contribution in [0.5, 0.6) is 0 Å². The number of hydrogen-bond acceptors (Lipinski definition) is 4. The molecule has 98 valence electrons. The summed E-state index contributed by atoms with van der Waals surface area (Å²) in [6.07, 6.45) is 8.26. The van der Waals surface area contributed by atoms with Crippen LogP contribution in [0.25, 0.3) is 11.2 Å². The Hall–Kier alpha value is -1.65. The molecule has 0 aromatic carbocycles. The van der Waals surface area contributed by atoms with Gasteiger partial charge >= 0.3 is 0 Å². The number of hydrogen-bond donors (Lipinski definition) is 2. The van der Waals surface area contributed by atoms with Crippen molar-refractivity contribution in [1.82, 2.24) is 19.9 Å². The van der Waals surface area contributed by atoms with Crippen LogP contribution in [0.2, 0.25) is 0 Å². The molecule has 0 aliphatic rings. The molecule has 0 aliphatic carbocycles. The summed E-state index contributed by atoms with van der Waals surface area (Å²) in [5.74, 6) is 1.66. The average molecular weight is 247 g/mol. The molecular weight excluding hydrogens is 226 g/mol. The van der Waals surface area contributed by atoms with Crippen molar-refractivity contribution < 1.29 is 0 Å². The van der Waals surface area contributed by atoms with Crippen molar-refractivity contribution >= 4 is 17.0 Å². The molecule has 0 bridgehead atoms. The van der Waals surface area contributed by atoms with E-state index in [4.69, 9.17) is 0 Å². The van der Waals surface area contributed by atoms with E-state index in [0.29, 0.717) is 5.65 Å². The first-order valence-corrected chi connectivity index (χ1v) is 6.65. The monoisotopic (exact) mass is 247 g/mol. The van der Waals surface area contributed by atoms with Crippen molar-refractivity contribution in [3.63, 3.8) is 0 Å². The molecule has 0 aliphatic heterocycles. The standard InChI is InChI=1S/C13H21N5/c1-10(2)6-4-3-5-7-14-12-11-13(16-8-15-11)18-9-17-12/h8-10H,3-7H2,1-2H3,(H2,14,15,16,17,18). The zero-order valence-corrected chi connectivity index (χ0v) is 11.1. The van der Waals surface area contributed by atoms with Crippen molar-refractivity contribution in [2.24, 2.45) is 5.92 Å². The van der Waals surface area contributed by atoms with Crippen LogP contribution in [-0.4, -0.2) is 26.5 Å². The molecule has 0 unspecified atom stereocenters. The van der Waals surface area contributed by atoms with Gasteiger partial charge in [-0.3, -0.25) is 0 Å². The van der Waals surface area contributed by atoms with Gasteiger partial charge < -0.3 is 10.3 Å². The first-order chi connectivity index (χ1) is 8.77. The van der Waals surface area contributed by atoms with Crippen LogP contribution in [0.4, 0.5) is 5.82 Å². The highest BCUT2D eigenvalue weighted by Gasteiger charge is 2.04. The minimum Gasteiger partial charge on any atom is -0.368 e. The second-order valence-corrected chi connectivity index (χ2v) is 4.99. The molecule has 2 heterocycles. The Bertz CT molecular complexity index is 477. The molecule has 0 fully saturated rings. The second kappa shape index (κ2) is 6.33. The van der Waals surface area contributed by atoms with Gasteiger partial charge in [0.25, 0.3) is 0 Å². The summed E-state index contributed by atoms with van der Waals surface area (Å²) in [7, 11) is 0. The van der Waals surface area contributed by atoms with E-state index in [-0.39, 0.29) is 0 Å². The largest absolute Gasteiger partial charge is 0.368 e. The summed E-state index contributed by atoms with van der Waals surface area (Å²) < 4.78 is 0. The number of unbranched alkanes of at least 4 members (excludes halogenated alkanes) is 2. The third-order valence-corrected chi connectivity index (χ3v) is 2.97. The minimum absolute atomic E-state index is 0.715. The van der Waals surface area contributed by atoms with Crippen LogP contribution in [0.1, 0.15) is 39.5 Å². The van der Waals surface area contributed by atoms with E-state index in [0.717, 1.165) is 23.8 Å². The number of nitrogens with one attached hydrogen (secondary N) is 2. The van der Waals surface area contributed by atoms with Crippen LogP contribution in [0.3, 0.4) is 0 Å². The van der Waals surface area contributed by atoms with Gasteiger partial charge in [-0.25, -0.2) is 15.0 Å². The molecule has 0 radical (unpaired) electrons. The summed E-state index contributed by atoms with van der Waals surface area (Å²) in [4.78, 5) is 15.5. The molecule has 2 rings (SSSR count). The highest BCUT2D eigenvalue weighted by molar-refractivity contribution is 5.81. The van der Waals surface area contributed by atoms with Crippen molar-refractivity contribution in [3.05, 3.63) is 12.7 Å². The average Bonchev–Trinajstić information content (AvgIpc) is 2.82. The molecule has 2 aromatic heterocycles. The Morgan fingerprint density at radius 3 is 2.89 bits per heavy atom. The highest BCUT2D eigenvalue weighted by Crippen LogP contribution is 2.14. The maximum Gasteiger partial charge on any atom is 0.182 e. The number of aromatic amines is 1. The van der Waals surface area contributed by atoms with Crippen LogP contribution in [0, 0.1) is 5.92 Å². The number of imidazole rings is 1. The number of anilines is 1. The van der Waals surface area contributed by atoms with E-state index in [1.165, 1.54) is 25.7 Å². The maximum absolute atomic E-state index is 4.23. The van der Waals surface area contributed by atoms with Gasteiger partial charge in [0.2, 0.25) is 0 Å². The number of fused-ring (bicyclic) bond motifs is 1. The lowest BCUT2D eigenvalue weighted by molar-refractivity contribution is 0.531. The van der Waals surface area contributed by atoms with E-state index in [2.05, 4.69) is 39.1 Å². The zero-order valence-electron chi connectivity index (χ0n) is 11.1. The molecule has 5 nitrogen and oxygen atoms in total. The van der Waals surface area contributed by atoms with Crippen molar-refractivity contribution in [2.75, 3.05) is 11.9 Å². The van der Waals surface area contributed by atoms with Crippen molar-refractivity contribution in [2.45, 2.75) is 39.5 Å². The summed E-state index contributed by atoms with van der Waals surface area (Å²) in [5, 5.41) is 3.34. The fourth-order valence-corrected chi connectivity index (χ4v) is 1.96. The molecule has 0 amide bonds. The molecule has 2 aromatic rings. The number of nitrogens with zero attached hydrogens (tertiary/aromatic N) is 3. The molecular formula is C13H21N5. The van der Waals surface area contributed by atoms with Gasteiger partial charge in [0.05, 0.1) is 6.33 Å². The molecule has 0 atom stereocenters. The Kier molecular flexibility index (Phi) is 4.50. The maximum atomic E-state index is 4.23. The van der Waals surface area contributed by atoms with E-state index in [9.17, 15) is 0 Å². The fraction of sp³-hybridized carbons (Fsp3) is 0.615. The van der Waals surface area contributed by atoms with Crippen LogP contribution >= 0.6 is 0 Å². The predicted octanol–water partition coefficient (Wildman–Crippen LogP) is 2.98. The lowest BCUT2D eigenvalue weighted by Gasteiger charge is -2.06. The Morgan fingerprint density at radius 2 is 2.06 bits per heavy atom. The van der Waals surface area contributed by atoms with Crippen molar-refractivity contribution in [1.29, 1.82) is 0 Å². The minimum atomic E-state index is 0.715. The summed E-state index contributed by atoms with van der Waals surface area (Å²) in [5.41, 5.74) is 1.60. The van der Waals surface area contributed by atoms with Gasteiger partial charge in [0.1, 0.15) is 11.8 Å². The van der Waals surface area contributed by atoms with Gasteiger partial charge in [-0.1, -0.05) is 33.1 Å². The fourth-order valence-electron chi connectivity index (χ4n) is 1.96. The smallest absolute Gasteiger partial charge is 0.182 e. The number of aromatic nitrogens is 4. The summed E-state index contributed by atoms with van der Waals surface area (Å²) in [6, 6.07) is 0. The van der Waals surface area contributed by atoms with Gasteiger partial charge in [-0.05, 0) is 12.3 Å². The molecule has 5 heteroatoms. The van der Waals surface area contributed by atoms with E-state index in [1.54, 1.807) is 12.7 Å². The Morgan fingerprint density at radius 1 is 1.17 bits per heavy atom. The van der Waals surface area contributed by atoms with Gasteiger partial charge in [-0.15, -0.1) is 0 Å². The van der Waals surface area contributed by atoms with Crippen LogP contribution < -0.4 is 5.32 Å². The third kappa shape index (κ3) is 3.42. The van der Waals surface area contributed by atoms with Gasteiger partial charge in [-0.2, -0.15) is 0 Å². The Labute approximate surface area is 107 Å². The highest BCUT2D eigenvalue weighted by atomic mass is 15.1. The Balaban J connectivity index is 1.75. The SMILES string of the molecule is CC(C)CCCCCNc1ncnc2nc[nH]c12. The zero-order chi connectivity index (χ0) is 12.8. The normalized spacial score (nSPS) is 11.3. The summed E-state index contributed by atoms with van der Waals surface area (Å²) in [6.45, 7) is 5.49. The molecule has 18 heavy (non-hydrogen) atoms. The van der Waals surface area contributed by atoms with E-state index < -0.39 is 0 Å². The van der Waals surface area contributed by atoms with Crippen molar-refractivity contribution in [3.8, 4) is 0 Å². The molecule has 0 saturated heterocycles. The third-order valence-electron chi connectivity index (χ3n) is 2.97. The summed E-state index contributed by atoms with van der Waals surface area (Å²) >= 11 is 0. The topological polar surface area (TPSA) is 66.5 Å². The lowest BCUT2D eigenvalue weighted by atomic mass is 10.1. The lowest BCUT2D eigenvalue weighted by Crippen LogP contribution is -2.04. The quantitative estimate of drug-likeness (QED) is 0.738. The predicted molar refractivity (Wildman–Crippen MR) is 73.5 cm³/mol. The van der Waals surface area contributed by atoms with Gasteiger partial charge in [0.15, 0.2) is 11.5 Å². The first kappa shape index (κ1) is 12.8. The second-order valence-electron chi connectivity index (χ2n) is 4.99. The molecule has 0 saturated carbocycles. The molecule has 0 spiro atoms. The van der Waals surface area contributed by atoms with E-state index >= 15 is 0 Å². The number of rotatable bonds is 7. The number of H-pyrrole nitrogens is 1. The first-order valence-electron chi connectivity index (χ1n) is 6.65. The van der Waals surface area contributed by atoms with Crippen LogP contribution in [0.15, 0.2) is 12.7 Å².